The molecular weight excluding hydrogens is 214 g/mol. The quantitative estimate of drug-likeness (QED) is 0.745. The van der Waals surface area contributed by atoms with Crippen molar-refractivity contribution in [3.05, 3.63) is 23.8 Å². The van der Waals surface area contributed by atoms with E-state index in [1.165, 1.54) is 0 Å². The van der Waals surface area contributed by atoms with Gasteiger partial charge in [-0.25, -0.2) is 0 Å². The van der Waals surface area contributed by atoms with Crippen LogP contribution in [0.25, 0.3) is 0 Å². The van der Waals surface area contributed by atoms with Gasteiger partial charge in [-0.1, -0.05) is 18.9 Å². The van der Waals surface area contributed by atoms with E-state index in [2.05, 4.69) is 5.32 Å². The second-order valence-corrected chi connectivity index (χ2v) is 5.23. The number of carbonyl (C=O) groups excluding carboxylic acids is 1. The van der Waals surface area contributed by atoms with E-state index in [9.17, 15) is 4.79 Å². The van der Waals surface area contributed by atoms with Crippen LogP contribution in [0.2, 0.25) is 0 Å². The van der Waals surface area contributed by atoms with Gasteiger partial charge in [-0.05, 0) is 37.5 Å². The van der Waals surface area contributed by atoms with E-state index in [4.69, 9.17) is 4.74 Å². The number of benzene rings is 1. The molecular formula is C14H17NO2. The van der Waals surface area contributed by atoms with Gasteiger partial charge in [-0.15, -0.1) is 0 Å². The van der Waals surface area contributed by atoms with Crippen molar-refractivity contribution in [2.24, 2.45) is 5.41 Å². The summed E-state index contributed by atoms with van der Waals surface area (Å²) in [6.07, 6.45) is 4.16. The summed E-state index contributed by atoms with van der Waals surface area (Å²) in [6.45, 7) is 2.54. The SMILES string of the molecule is Cc1ccc2c(c1)NC(=O)C1(CCCC1)CO2. The summed E-state index contributed by atoms with van der Waals surface area (Å²) >= 11 is 0. The molecule has 1 heterocycles. The van der Waals surface area contributed by atoms with E-state index in [0.717, 1.165) is 42.7 Å². The molecule has 0 atom stereocenters. The average molecular weight is 231 g/mol. The zero-order valence-corrected chi connectivity index (χ0v) is 10.1. The Kier molecular flexibility index (Phi) is 2.35. The summed E-state index contributed by atoms with van der Waals surface area (Å²) in [4.78, 5) is 12.3. The lowest BCUT2D eigenvalue weighted by molar-refractivity contribution is -0.126. The van der Waals surface area contributed by atoms with Crippen LogP contribution in [0.1, 0.15) is 31.2 Å². The zero-order chi connectivity index (χ0) is 11.9. The minimum atomic E-state index is -0.285. The highest BCUT2D eigenvalue weighted by Crippen LogP contribution is 2.42. The number of fused-ring (bicyclic) bond motifs is 1. The number of anilines is 1. The molecule has 1 spiro atoms. The van der Waals surface area contributed by atoms with Gasteiger partial charge in [0.15, 0.2) is 0 Å². The maximum atomic E-state index is 12.3. The van der Waals surface area contributed by atoms with Crippen molar-refractivity contribution in [2.75, 3.05) is 11.9 Å². The predicted molar refractivity (Wildman–Crippen MR) is 66.2 cm³/mol. The van der Waals surface area contributed by atoms with Crippen molar-refractivity contribution in [1.29, 1.82) is 0 Å². The van der Waals surface area contributed by atoms with E-state index in [-0.39, 0.29) is 11.3 Å². The number of ether oxygens (including phenoxy) is 1. The lowest BCUT2D eigenvalue weighted by Gasteiger charge is -2.23. The molecule has 1 fully saturated rings. The lowest BCUT2D eigenvalue weighted by atomic mass is 9.86. The van der Waals surface area contributed by atoms with Crippen LogP contribution in [-0.2, 0) is 4.79 Å². The first kappa shape index (κ1) is 10.6. The third-order valence-corrected chi connectivity index (χ3v) is 3.93. The van der Waals surface area contributed by atoms with Gasteiger partial charge in [0.25, 0.3) is 0 Å². The summed E-state index contributed by atoms with van der Waals surface area (Å²) in [5.74, 6) is 0.937. The normalized spacial score (nSPS) is 21.6. The average Bonchev–Trinajstić information content (AvgIpc) is 2.73. The maximum Gasteiger partial charge on any atom is 0.234 e. The first-order valence-corrected chi connectivity index (χ1v) is 6.25. The van der Waals surface area contributed by atoms with Crippen molar-refractivity contribution in [2.45, 2.75) is 32.6 Å². The number of amides is 1. The highest BCUT2D eigenvalue weighted by atomic mass is 16.5. The Bertz CT molecular complexity index is 461. The summed E-state index contributed by atoms with van der Waals surface area (Å²) in [7, 11) is 0. The van der Waals surface area contributed by atoms with Crippen LogP contribution in [0, 0.1) is 12.3 Å². The summed E-state index contributed by atoms with van der Waals surface area (Å²) < 4.78 is 5.83. The first-order chi connectivity index (χ1) is 8.20. The largest absolute Gasteiger partial charge is 0.490 e. The molecule has 2 aliphatic rings. The predicted octanol–water partition coefficient (Wildman–Crippen LogP) is 2.89. The van der Waals surface area contributed by atoms with Crippen LogP contribution in [0.4, 0.5) is 5.69 Å². The molecule has 1 aromatic carbocycles. The fourth-order valence-corrected chi connectivity index (χ4v) is 2.83. The Morgan fingerprint density at radius 2 is 2.06 bits per heavy atom. The third-order valence-electron chi connectivity index (χ3n) is 3.93. The van der Waals surface area contributed by atoms with Crippen LogP contribution in [0.5, 0.6) is 5.75 Å². The van der Waals surface area contributed by atoms with Gasteiger partial charge in [-0.2, -0.15) is 0 Å². The van der Waals surface area contributed by atoms with Gasteiger partial charge >= 0.3 is 0 Å². The van der Waals surface area contributed by atoms with E-state index in [1.54, 1.807) is 0 Å². The van der Waals surface area contributed by atoms with E-state index in [0.29, 0.717) is 6.61 Å². The number of nitrogens with one attached hydrogen (secondary N) is 1. The van der Waals surface area contributed by atoms with Gasteiger partial charge < -0.3 is 10.1 Å². The first-order valence-electron chi connectivity index (χ1n) is 6.25. The molecule has 0 bridgehead atoms. The molecule has 3 rings (SSSR count). The van der Waals surface area contributed by atoms with E-state index >= 15 is 0 Å². The van der Waals surface area contributed by atoms with E-state index in [1.807, 2.05) is 25.1 Å². The molecule has 1 aliphatic carbocycles. The molecule has 90 valence electrons. The highest BCUT2D eigenvalue weighted by Gasteiger charge is 2.43. The van der Waals surface area contributed by atoms with Crippen LogP contribution in [0.3, 0.4) is 0 Å². The van der Waals surface area contributed by atoms with Crippen molar-refractivity contribution in [3.63, 3.8) is 0 Å². The van der Waals surface area contributed by atoms with Crippen molar-refractivity contribution in [1.82, 2.24) is 0 Å². The molecule has 1 aliphatic heterocycles. The van der Waals surface area contributed by atoms with Crippen LogP contribution in [-0.4, -0.2) is 12.5 Å². The molecule has 1 N–H and O–H groups in total. The molecule has 0 radical (unpaired) electrons. The Morgan fingerprint density at radius 3 is 2.82 bits per heavy atom. The van der Waals surface area contributed by atoms with Gasteiger partial charge in [0.1, 0.15) is 12.4 Å². The number of rotatable bonds is 0. The minimum absolute atomic E-state index is 0.138. The minimum Gasteiger partial charge on any atom is -0.490 e. The van der Waals surface area contributed by atoms with Gasteiger partial charge in [-0.3, -0.25) is 4.79 Å². The Morgan fingerprint density at radius 1 is 1.29 bits per heavy atom. The topological polar surface area (TPSA) is 38.3 Å². The Balaban J connectivity index is 1.96. The summed E-state index contributed by atoms with van der Waals surface area (Å²) in [6, 6.07) is 5.93. The molecule has 1 saturated carbocycles. The summed E-state index contributed by atoms with van der Waals surface area (Å²) in [5, 5.41) is 3.03. The Labute approximate surface area is 101 Å². The number of hydrogen-bond acceptors (Lipinski definition) is 2. The number of hydrogen-bond donors (Lipinski definition) is 1. The van der Waals surface area contributed by atoms with Crippen LogP contribution >= 0.6 is 0 Å². The molecule has 0 aromatic heterocycles. The monoisotopic (exact) mass is 231 g/mol. The second-order valence-electron chi connectivity index (χ2n) is 5.23. The summed E-state index contributed by atoms with van der Waals surface area (Å²) in [5.41, 5.74) is 1.67. The Hall–Kier alpha value is -1.51. The van der Waals surface area contributed by atoms with Gasteiger partial charge in [0, 0.05) is 0 Å². The van der Waals surface area contributed by atoms with Crippen molar-refractivity contribution >= 4 is 11.6 Å². The second kappa shape index (κ2) is 3.76. The third kappa shape index (κ3) is 1.70. The zero-order valence-electron chi connectivity index (χ0n) is 10.1. The van der Waals surface area contributed by atoms with Gasteiger partial charge in [0.2, 0.25) is 5.91 Å². The molecule has 1 aromatic rings. The van der Waals surface area contributed by atoms with Crippen molar-refractivity contribution < 1.29 is 9.53 Å². The standard InChI is InChI=1S/C14H17NO2/c1-10-4-5-12-11(8-10)15-13(16)14(9-17-12)6-2-3-7-14/h4-5,8H,2-3,6-7,9H2,1H3,(H,15,16). The molecule has 1 amide bonds. The fraction of sp³-hybridized carbons (Fsp3) is 0.500. The van der Waals surface area contributed by atoms with Gasteiger partial charge in [0.05, 0.1) is 11.1 Å². The van der Waals surface area contributed by atoms with Crippen LogP contribution in [0.15, 0.2) is 18.2 Å². The lowest BCUT2D eigenvalue weighted by Crippen LogP contribution is -2.37. The van der Waals surface area contributed by atoms with Crippen molar-refractivity contribution in [3.8, 4) is 5.75 Å². The molecule has 3 heteroatoms. The molecule has 17 heavy (non-hydrogen) atoms. The fourth-order valence-electron chi connectivity index (χ4n) is 2.83. The van der Waals surface area contributed by atoms with Crippen LogP contribution < -0.4 is 10.1 Å². The number of carbonyl (C=O) groups is 1. The van der Waals surface area contributed by atoms with E-state index < -0.39 is 0 Å². The molecule has 3 nitrogen and oxygen atoms in total. The highest BCUT2D eigenvalue weighted by molar-refractivity contribution is 5.97. The molecule has 0 unspecified atom stereocenters. The smallest absolute Gasteiger partial charge is 0.234 e. The molecule has 0 saturated heterocycles. The number of aryl methyl sites for hydroxylation is 1. The maximum absolute atomic E-state index is 12.3.